The summed E-state index contributed by atoms with van der Waals surface area (Å²) in [5.41, 5.74) is -0.918. The van der Waals surface area contributed by atoms with Crippen molar-refractivity contribution in [3.05, 3.63) is 33.1 Å². The van der Waals surface area contributed by atoms with Gasteiger partial charge in [-0.2, -0.15) is 0 Å². The molecule has 0 atom stereocenters. The van der Waals surface area contributed by atoms with Gasteiger partial charge in [-0.25, -0.2) is 4.79 Å². The van der Waals surface area contributed by atoms with E-state index in [9.17, 15) is 14.4 Å². The SMILES string of the molecule is CN(C)CCN(C(=O)CCn1ccc(=O)[nH]c1=O)C1CCOCC1. The molecule has 2 heterocycles. The van der Waals surface area contributed by atoms with Crippen molar-refractivity contribution in [1.82, 2.24) is 19.4 Å². The predicted molar refractivity (Wildman–Crippen MR) is 90.0 cm³/mol. The average Bonchev–Trinajstić information content (AvgIpc) is 2.55. The Bertz CT molecular complexity index is 646. The summed E-state index contributed by atoms with van der Waals surface area (Å²) in [5.74, 6) is 0.0295. The van der Waals surface area contributed by atoms with Gasteiger partial charge in [-0.1, -0.05) is 0 Å². The first-order chi connectivity index (χ1) is 11.5. The maximum absolute atomic E-state index is 12.7. The highest BCUT2D eigenvalue weighted by Gasteiger charge is 2.25. The number of rotatable bonds is 7. The first-order valence-corrected chi connectivity index (χ1v) is 8.29. The van der Waals surface area contributed by atoms with Gasteiger partial charge < -0.3 is 19.1 Å². The number of nitrogens with zero attached hydrogens (tertiary/aromatic N) is 3. The molecular formula is C16H26N4O4. The third kappa shape index (κ3) is 5.31. The van der Waals surface area contributed by atoms with Gasteiger partial charge in [-0.05, 0) is 26.9 Å². The van der Waals surface area contributed by atoms with E-state index >= 15 is 0 Å². The number of hydrogen-bond acceptors (Lipinski definition) is 5. The van der Waals surface area contributed by atoms with Crippen LogP contribution in [0.15, 0.2) is 21.9 Å². The molecule has 24 heavy (non-hydrogen) atoms. The molecule has 0 bridgehead atoms. The highest BCUT2D eigenvalue weighted by atomic mass is 16.5. The molecule has 8 heteroatoms. The van der Waals surface area contributed by atoms with Crippen LogP contribution in [-0.4, -0.2) is 71.7 Å². The Labute approximate surface area is 141 Å². The summed E-state index contributed by atoms with van der Waals surface area (Å²) in [7, 11) is 3.96. The fourth-order valence-corrected chi connectivity index (χ4v) is 2.80. The van der Waals surface area contributed by atoms with E-state index < -0.39 is 11.2 Å². The third-order valence-electron chi connectivity index (χ3n) is 4.20. The van der Waals surface area contributed by atoms with Crippen LogP contribution >= 0.6 is 0 Å². The fourth-order valence-electron chi connectivity index (χ4n) is 2.80. The Balaban J connectivity index is 2.00. The monoisotopic (exact) mass is 338 g/mol. The van der Waals surface area contributed by atoms with Crippen LogP contribution in [0.3, 0.4) is 0 Å². The molecule has 1 aliphatic rings. The Kier molecular flexibility index (Phi) is 6.74. The van der Waals surface area contributed by atoms with E-state index in [1.165, 1.54) is 16.8 Å². The standard InChI is InChI=1S/C16H26N4O4/c1-18(2)9-10-20(13-5-11-24-12-6-13)15(22)4-8-19-7-3-14(21)17-16(19)23/h3,7,13H,4-6,8-12H2,1-2H3,(H,17,21,23). The molecule has 1 aliphatic heterocycles. The number of amides is 1. The van der Waals surface area contributed by atoms with Crippen LogP contribution in [0.4, 0.5) is 0 Å². The van der Waals surface area contributed by atoms with Crippen molar-refractivity contribution in [2.75, 3.05) is 40.4 Å². The van der Waals surface area contributed by atoms with Crippen molar-refractivity contribution < 1.29 is 9.53 Å². The Morgan fingerprint density at radius 3 is 2.62 bits per heavy atom. The molecule has 0 aliphatic carbocycles. The summed E-state index contributed by atoms with van der Waals surface area (Å²) in [6.45, 7) is 3.07. The van der Waals surface area contributed by atoms with Crippen LogP contribution in [-0.2, 0) is 16.1 Å². The van der Waals surface area contributed by atoms with Crippen LogP contribution < -0.4 is 11.2 Å². The van der Waals surface area contributed by atoms with Crippen LogP contribution in [0.25, 0.3) is 0 Å². The Hall–Kier alpha value is -1.93. The molecule has 1 N–H and O–H groups in total. The van der Waals surface area contributed by atoms with Gasteiger partial charge in [0.2, 0.25) is 5.91 Å². The number of aryl methyl sites for hydroxylation is 1. The lowest BCUT2D eigenvalue weighted by Crippen LogP contribution is -2.46. The van der Waals surface area contributed by atoms with Crippen molar-refractivity contribution in [1.29, 1.82) is 0 Å². The van der Waals surface area contributed by atoms with Crippen LogP contribution in [0.5, 0.6) is 0 Å². The van der Waals surface area contributed by atoms with E-state index in [1.807, 2.05) is 23.9 Å². The number of aromatic amines is 1. The fraction of sp³-hybridized carbons (Fsp3) is 0.688. The highest BCUT2D eigenvalue weighted by molar-refractivity contribution is 5.76. The molecule has 0 saturated carbocycles. The number of nitrogens with one attached hydrogen (secondary N) is 1. The maximum atomic E-state index is 12.7. The number of ether oxygens (including phenoxy) is 1. The second kappa shape index (κ2) is 8.79. The van der Waals surface area contributed by atoms with E-state index in [-0.39, 0.29) is 24.9 Å². The molecule has 0 unspecified atom stereocenters. The first-order valence-electron chi connectivity index (χ1n) is 8.29. The molecule has 0 radical (unpaired) electrons. The van der Waals surface area contributed by atoms with Gasteiger partial charge in [0.25, 0.3) is 5.56 Å². The van der Waals surface area contributed by atoms with Gasteiger partial charge in [0, 0.05) is 57.6 Å². The second-order valence-corrected chi connectivity index (χ2v) is 6.29. The van der Waals surface area contributed by atoms with E-state index in [2.05, 4.69) is 4.98 Å². The van der Waals surface area contributed by atoms with Crippen molar-refractivity contribution in [2.45, 2.75) is 31.8 Å². The Morgan fingerprint density at radius 2 is 2.00 bits per heavy atom. The summed E-state index contributed by atoms with van der Waals surface area (Å²) < 4.78 is 6.74. The molecular weight excluding hydrogens is 312 g/mol. The third-order valence-corrected chi connectivity index (χ3v) is 4.20. The van der Waals surface area contributed by atoms with Gasteiger partial charge in [0.05, 0.1) is 0 Å². The zero-order chi connectivity index (χ0) is 17.5. The zero-order valence-corrected chi connectivity index (χ0v) is 14.4. The molecule has 8 nitrogen and oxygen atoms in total. The van der Waals surface area contributed by atoms with Crippen LogP contribution in [0.1, 0.15) is 19.3 Å². The molecule has 0 aromatic carbocycles. The maximum Gasteiger partial charge on any atom is 0.328 e. The predicted octanol–water partition coefficient (Wildman–Crippen LogP) is -0.504. The topological polar surface area (TPSA) is 87.6 Å². The van der Waals surface area contributed by atoms with Crippen molar-refractivity contribution in [2.24, 2.45) is 0 Å². The molecule has 0 spiro atoms. The molecule has 1 aromatic heterocycles. The quantitative estimate of drug-likeness (QED) is 0.724. The lowest BCUT2D eigenvalue weighted by molar-refractivity contribution is -0.135. The van der Waals surface area contributed by atoms with Gasteiger partial charge in [0.1, 0.15) is 0 Å². The number of likely N-dealkylation sites (N-methyl/N-ethyl adjacent to an activating group) is 1. The molecule has 134 valence electrons. The van der Waals surface area contributed by atoms with E-state index in [1.54, 1.807) is 0 Å². The summed E-state index contributed by atoms with van der Waals surface area (Å²) in [6, 6.07) is 1.48. The van der Waals surface area contributed by atoms with Crippen molar-refractivity contribution in [3.63, 3.8) is 0 Å². The number of H-pyrrole nitrogens is 1. The second-order valence-electron chi connectivity index (χ2n) is 6.29. The molecule has 1 amide bonds. The van der Waals surface area contributed by atoms with Crippen molar-refractivity contribution in [3.8, 4) is 0 Å². The van der Waals surface area contributed by atoms with Gasteiger partial charge in [0.15, 0.2) is 0 Å². The normalized spacial score (nSPS) is 15.6. The van der Waals surface area contributed by atoms with Crippen LogP contribution in [0.2, 0.25) is 0 Å². The van der Waals surface area contributed by atoms with E-state index in [0.717, 1.165) is 19.4 Å². The molecule has 1 fully saturated rings. The minimum absolute atomic E-state index is 0.0295. The molecule has 1 aromatic rings. The molecule has 2 rings (SSSR count). The van der Waals surface area contributed by atoms with Crippen LogP contribution in [0, 0.1) is 0 Å². The van der Waals surface area contributed by atoms with Gasteiger partial charge in [-0.15, -0.1) is 0 Å². The minimum atomic E-state index is -0.485. The zero-order valence-electron chi connectivity index (χ0n) is 14.4. The summed E-state index contributed by atoms with van der Waals surface area (Å²) in [4.78, 5) is 41.6. The number of hydrogen-bond donors (Lipinski definition) is 1. The highest BCUT2D eigenvalue weighted by Crippen LogP contribution is 2.15. The minimum Gasteiger partial charge on any atom is -0.381 e. The number of carbonyl (C=O) groups is 1. The van der Waals surface area contributed by atoms with E-state index in [0.29, 0.717) is 19.8 Å². The summed E-state index contributed by atoms with van der Waals surface area (Å²) >= 11 is 0. The van der Waals surface area contributed by atoms with E-state index in [4.69, 9.17) is 4.74 Å². The summed E-state index contributed by atoms with van der Waals surface area (Å²) in [6.07, 6.45) is 3.35. The lowest BCUT2D eigenvalue weighted by Gasteiger charge is -2.35. The number of carbonyl (C=O) groups excluding carboxylic acids is 1. The largest absolute Gasteiger partial charge is 0.381 e. The Morgan fingerprint density at radius 1 is 1.29 bits per heavy atom. The molecule has 1 saturated heterocycles. The smallest absolute Gasteiger partial charge is 0.328 e. The lowest BCUT2D eigenvalue weighted by atomic mass is 10.1. The average molecular weight is 338 g/mol. The van der Waals surface area contributed by atoms with Gasteiger partial charge in [-0.3, -0.25) is 14.6 Å². The number of aromatic nitrogens is 2. The summed E-state index contributed by atoms with van der Waals surface area (Å²) in [5, 5.41) is 0. The van der Waals surface area contributed by atoms with Gasteiger partial charge >= 0.3 is 5.69 Å². The van der Waals surface area contributed by atoms with Crippen molar-refractivity contribution >= 4 is 5.91 Å². The first kappa shape index (κ1) is 18.4.